The van der Waals surface area contributed by atoms with Gasteiger partial charge in [0, 0.05) is 45.6 Å². The molecule has 0 bridgehead atoms. The van der Waals surface area contributed by atoms with Crippen LogP contribution in [0.3, 0.4) is 0 Å². The third-order valence-corrected chi connectivity index (χ3v) is 7.84. The first kappa shape index (κ1) is 21.6. The molecule has 4 rings (SSSR count). The van der Waals surface area contributed by atoms with E-state index in [-0.39, 0.29) is 12.8 Å². The number of rotatable bonds is 10. The van der Waals surface area contributed by atoms with Gasteiger partial charge < -0.3 is 24.9 Å². The maximum absolute atomic E-state index is 12.0. The van der Waals surface area contributed by atoms with Crippen LogP contribution >= 0.6 is 0 Å². The number of fused-ring (bicyclic) bond motifs is 1. The first-order chi connectivity index (χ1) is 14.3. The Labute approximate surface area is 180 Å². The number of carboxylic acids is 1. The highest BCUT2D eigenvalue weighted by atomic mass is 28.3. The summed E-state index contributed by atoms with van der Waals surface area (Å²) in [6.45, 7) is 10.6. The molecule has 1 aliphatic carbocycles. The van der Waals surface area contributed by atoms with Gasteiger partial charge in [-0.1, -0.05) is 19.6 Å². The summed E-state index contributed by atoms with van der Waals surface area (Å²) in [6, 6.07) is 6.41. The molecule has 1 aromatic carbocycles. The number of carboxylic acid groups (broad SMARTS) is 1. The van der Waals surface area contributed by atoms with Crippen LogP contribution in [-0.2, 0) is 14.3 Å². The van der Waals surface area contributed by atoms with E-state index in [1.807, 2.05) is 12.1 Å². The third-order valence-electron chi connectivity index (χ3n) is 6.14. The van der Waals surface area contributed by atoms with Crippen LogP contribution in [0.2, 0.25) is 25.7 Å². The summed E-state index contributed by atoms with van der Waals surface area (Å²) in [5.41, 5.74) is 5.95. The normalized spacial score (nSPS) is 24.2. The van der Waals surface area contributed by atoms with Gasteiger partial charge in [0.25, 0.3) is 0 Å². The van der Waals surface area contributed by atoms with Crippen LogP contribution in [0.5, 0.6) is 0 Å². The van der Waals surface area contributed by atoms with Gasteiger partial charge in [-0.3, -0.25) is 4.79 Å². The van der Waals surface area contributed by atoms with Gasteiger partial charge in [0.05, 0.1) is 11.8 Å². The quantitative estimate of drug-likeness (QED) is 0.430. The summed E-state index contributed by atoms with van der Waals surface area (Å²) in [4.78, 5) is 14.4. The van der Waals surface area contributed by atoms with E-state index in [9.17, 15) is 9.90 Å². The zero-order chi connectivity index (χ0) is 21.3. The minimum Gasteiger partial charge on any atom is -0.480 e. The highest BCUT2D eigenvalue weighted by Gasteiger charge is 2.37. The predicted octanol–water partition coefficient (Wildman–Crippen LogP) is 3.77. The Bertz CT molecular complexity index is 765. The molecule has 7 nitrogen and oxygen atoms in total. The Balaban J connectivity index is 1.37. The van der Waals surface area contributed by atoms with E-state index in [2.05, 4.69) is 36.0 Å². The molecule has 0 amide bonds. The SMILES string of the molecule is C[Si](C)(C)CCOCN1Nc2ccc(N3CC[C@H](OCC4CC4)C3)cc2C1C(=O)O. The molecule has 0 aromatic heterocycles. The van der Waals surface area contributed by atoms with Crippen LogP contribution in [0.25, 0.3) is 0 Å². The number of hydrazine groups is 1. The number of nitrogens with zero attached hydrogens (tertiary/aromatic N) is 2. The molecule has 2 atom stereocenters. The summed E-state index contributed by atoms with van der Waals surface area (Å²) in [5, 5.41) is 11.6. The van der Waals surface area contributed by atoms with Crippen molar-refractivity contribution in [1.82, 2.24) is 5.01 Å². The van der Waals surface area contributed by atoms with Crippen LogP contribution in [0.1, 0.15) is 30.9 Å². The van der Waals surface area contributed by atoms with Crippen molar-refractivity contribution in [3.05, 3.63) is 23.8 Å². The molecule has 1 aromatic rings. The molecule has 166 valence electrons. The molecule has 1 saturated carbocycles. The van der Waals surface area contributed by atoms with E-state index in [0.29, 0.717) is 6.61 Å². The fourth-order valence-corrected chi connectivity index (χ4v) is 4.79. The van der Waals surface area contributed by atoms with Crippen molar-refractivity contribution in [2.45, 2.75) is 57.1 Å². The van der Waals surface area contributed by atoms with Crippen LogP contribution in [0.15, 0.2) is 18.2 Å². The number of nitrogens with one attached hydrogen (secondary N) is 1. The highest BCUT2D eigenvalue weighted by molar-refractivity contribution is 6.76. The zero-order valence-electron chi connectivity index (χ0n) is 18.4. The van der Waals surface area contributed by atoms with Gasteiger partial charge >= 0.3 is 5.97 Å². The van der Waals surface area contributed by atoms with Gasteiger partial charge in [-0.25, -0.2) is 0 Å². The van der Waals surface area contributed by atoms with Crippen molar-refractivity contribution >= 4 is 25.4 Å². The first-order valence-corrected chi connectivity index (χ1v) is 14.9. The number of hydrogen-bond acceptors (Lipinski definition) is 6. The van der Waals surface area contributed by atoms with Gasteiger partial charge in [-0.05, 0) is 49.4 Å². The van der Waals surface area contributed by atoms with E-state index < -0.39 is 20.1 Å². The highest BCUT2D eigenvalue weighted by Crippen LogP contribution is 2.38. The lowest BCUT2D eigenvalue weighted by Crippen LogP contribution is -2.35. The maximum atomic E-state index is 12.0. The minimum atomic E-state index is -1.17. The van der Waals surface area contributed by atoms with Crippen LogP contribution < -0.4 is 10.3 Å². The Morgan fingerprint density at radius 2 is 2.07 bits per heavy atom. The second kappa shape index (κ2) is 8.86. The van der Waals surface area contributed by atoms with E-state index in [4.69, 9.17) is 9.47 Å². The van der Waals surface area contributed by atoms with Crippen LogP contribution in [0, 0.1) is 5.92 Å². The summed E-state index contributed by atoms with van der Waals surface area (Å²) < 4.78 is 11.9. The molecular formula is C22H35N3O4Si. The molecule has 0 radical (unpaired) electrons. The van der Waals surface area contributed by atoms with E-state index in [0.717, 1.165) is 55.0 Å². The van der Waals surface area contributed by atoms with E-state index in [1.165, 1.54) is 12.8 Å². The second-order valence-electron chi connectivity index (χ2n) is 10.1. The second-order valence-corrected chi connectivity index (χ2v) is 15.7. The Morgan fingerprint density at radius 1 is 1.27 bits per heavy atom. The maximum Gasteiger partial charge on any atom is 0.327 e. The average molecular weight is 434 g/mol. The molecule has 2 fully saturated rings. The molecule has 30 heavy (non-hydrogen) atoms. The fraction of sp³-hybridized carbons (Fsp3) is 0.682. The molecule has 2 aliphatic heterocycles. The predicted molar refractivity (Wildman–Crippen MR) is 121 cm³/mol. The van der Waals surface area contributed by atoms with Crippen molar-refractivity contribution in [2.75, 3.05) is 43.4 Å². The van der Waals surface area contributed by atoms with Crippen molar-refractivity contribution in [3.63, 3.8) is 0 Å². The number of carbonyl (C=O) groups is 1. The van der Waals surface area contributed by atoms with Crippen molar-refractivity contribution in [2.24, 2.45) is 5.92 Å². The molecule has 3 aliphatic rings. The van der Waals surface area contributed by atoms with Crippen LogP contribution in [-0.4, -0.2) is 63.3 Å². The van der Waals surface area contributed by atoms with Gasteiger partial charge in [-0.2, -0.15) is 5.01 Å². The number of aliphatic carboxylic acids is 1. The molecule has 8 heteroatoms. The summed E-state index contributed by atoms with van der Waals surface area (Å²) in [6.07, 6.45) is 3.93. The third kappa shape index (κ3) is 5.35. The number of hydrogen-bond donors (Lipinski definition) is 2. The van der Waals surface area contributed by atoms with E-state index >= 15 is 0 Å². The standard InChI is InChI=1S/C22H35N3O4Si/c1-30(2,3)11-10-28-15-25-21(22(26)27)19-12-17(6-7-20(19)23-25)24-9-8-18(13-24)29-14-16-4-5-16/h6-7,12,16,18,21,23H,4-5,8-11,13-15H2,1-3H3,(H,26,27)/t18-,21?/m0/s1. The minimum absolute atomic E-state index is 0.256. The van der Waals surface area contributed by atoms with Gasteiger partial charge in [0.2, 0.25) is 0 Å². The van der Waals surface area contributed by atoms with E-state index in [1.54, 1.807) is 5.01 Å². The summed E-state index contributed by atoms with van der Waals surface area (Å²) >= 11 is 0. The topological polar surface area (TPSA) is 74.3 Å². The van der Waals surface area contributed by atoms with Gasteiger partial charge in [0.15, 0.2) is 6.04 Å². The molecule has 1 unspecified atom stereocenters. The fourth-order valence-electron chi connectivity index (χ4n) is 4.03. The molecule has 1 saturated heterocycles. The average Bonchev–Trinajstić information content (AvgIpc) is 3.26. The Morgan fingerprint density at radius 3 is 2.77 bits per heavy atom. The van der Waals surface area contributed by atoms with Gasteiger partial charge in [0.1, 0.15) is 6.73 Å². The smallest absolute Gasteiger partial charge is 0.327 e. The molecule has 2 N–H and O–H groups in total. The van der Waals surface area contributed by atoms with Crippen molar-refractivity contribution < 1.29 is 19.4 Å². The number of anilines is 2. The first-order valence-electron chi connectivity index (χ1n) is 11.1. The Hall–Kier alpha value is -1.61. The number of ether oxygens (including phenoxy) is 2. The largest absolute Gasteiger partial charge is 0.480 e. The molecule has 2 heterocycles. The lowest BCUT2D eigenvalue weighted by molar-refractivity contribution is -0.144. The molecule has 0 spiro atoms. The molecular weight excluding hydrogens is 398 g/mol. The number of benzene rings is 1. The summed E-state index contributed by atoms with van der Waals surface area (Å²) in [5.74, 6) is -0.0837. The van der Waals surface area contributed by atoms with Gasteiger partial charge in [-0.15, -0.1) is 0 Å². The summed E-state index contributed by atoms with van der Waals surface area (Å²) in [7, 11) is -1.17. The lowest BCUT2D eigenvalue weighted by Gasteiger charge is -2.23. The monoisotopic (exact) mass is 433 g/mol. The lowest BCUT2D eigenvalue weighted by atomic mass is 10.1. The Kier molecular flexibility index (Phi) is 6.38. The zero-order valence-corrected chi connectivity index (χ0v) is 19.4. The van der Waals surface area contributed by atoms with Crippen molar-refractivity contribution in [1.29, 1.82) is 0 Å². The van der Waals surface area contributed by atoms with Crippen LogP contribution in [0.4, 0.5) is 11.4 Å². The van der Waals surface area contributed by atoms with Crippen molar-refractivity contribution in [3.8, 4) is 0 Å².